The van der Waals surface area contributed by atoms with Gasteiger partial charge in [0.15, 0.2) is 0 Å². The zero-order valence-corrected chi connectivity index (χ0v) is 14.4. The van der Waals surface area contributed by atoms with E-state index in [4.69, 9.17) is 10.5 Å². The van der Waals surface area contributed by atoms with Crippen LogP contribution in [-0.4, -0.2) is 31.1 Å². The first kappa shape index (κ1) is 17.4. The number of carbonyl (C=O) groups excluding carboxylic acids is 1. The second kappa shape index (κ2) is 7.57. The van der Waals surface area contributed by atoms with Gasteiger partial charge in [-0.2, -0.15) is 0 Å². The molecule has 2 rings (SSSR count). The Balaban J connectivity index is 2.58. The molecule has 0 aliphatic rings. The first-order valence-corrected chi connectivity index (χ1v) is 8.31. The van der Waals surface area contributed by atoms with E-state index in [2.05, 4.69) is 18.7 Å². The lowest BCUT2D eigenvalue weighted by molar-refractivity contribution is 0.0603. The number of ether oxygens (including phenoxy) is 1. The quantitative estimate of drug-likeness (QED) is 0.816. The molecule has 6 heteroatoms. The number of halogens is 1. The van der Waals surface area contributed by atoms with E-state index in [-0.39, 0.29) is 5.82 Å². The molecule has 0 bridgehead atoms. The van der Waals surface area contributed by atoms with Crippen molar-refractivity contribution in [3.05, 3.63) is 40.5 Å². The minimum atomic E-state index is -0.469. The van der Waals surface area contributed by atoms with Crippen molar-refractivity contribution in [2.24, 2.45) is 0 Å². The SMILES string of the molecule is CCN(CC)Cc1sc(N)c(C(=O)OC)c1-c1ccc(F)cc1. The lowest BCUT2D eigenvalue weighted by Crippen LogP contribution is -2.22. The van der Waals surface area contributed by atoms with E-state index < -0.39 is 5.97 Å². The predicted molar refractivity (Wildman–Crippen MR) is 92.1 cm³/mol. The Morgan fingerprint density at radius 1 is 1.26 bits per heavy atom. The van der Waals surface area contributed by atoms with Crippen LogP contribution in [0, 0.1) is 5.82 Å². The summed E-state index contributed by atoms with van der Waals surface area (Å²) in [4.78, 5) is 15.4. The maximum absolute atomic E-state index is 13.2. The smallest absolute Gasteiger partial charge is 0.341 e. The number of rotatable bonds is 6. The van der Waals surface area contributed by atoms with Crippen LogP contribution in [0.2, 0.25) is 0 Å². The van der Waals surface area contributed by atoms with E-state index in [1.54, 1.807) is 12.1 Å². The number of hydrogen-bond donors (Lipinski definition) is 1. The number of thiophene rings is 1. The second-order valence-corrected chi connectivity index (χ2v) is 6.24. The third-order valence-corrected chi connectivity index (χ3v) is 4.80. The standard InChI is InChI=1S/C17H21FN2O2S/c1-4-20(5-2)10-13-14(11-6-8-12(18)9-7-11)15(16(19)23-13)17(21)22-3/h6-9H,4-5,10,19H2,1-3H3. The summed E-state index contributed by atoms with van der Waals surface area (Å²) in [6.07, 6.45) is 0. The largest absolute Gasteiger partial charge is 0.465 e. The number of carbonyl (C=O) groups is 1. The third-order valence-electron chi connectivity index (χ3n) is 3.79. The maximum atomic E-state index is 13.2. The minimum Gasteiger partial charge on any atom is -0.465 e. The van der Waals surface area contributed by atoms with Crippen LogP contribution in [0.5, 0.6) is 0 Å². The highest BCUT2D eigenvalue weighted by molar-refractivity contribution is 7.17. The van der Waals surface area contributed by atoms with E-state index in [1.807, 2.05) is 0 Å². The summed E-state index contributed by atoms with van der Waals surface area (Å²) in [5.41, 5.74) is 7.94. The molecule has 4 nitrogen and oxygen atoms in total. The van der Waals surface area contributed by atoms with Crippen molar-refractivity contribution in [3.63, 3.8) is 0 Å². The van der Waals surface area contributed by atoms with Crippen LogP contribution < -0.4 is 5.73 Å². The minimum absolute atomic E-state index is 0.318. The van der Waals surface area contributed by atoms with Gasteiger partial charge in [0.1, 0.15) is 16.4 Å². The fourth-order valence-electron chi connectivity index (χ4n) is 2.49. The summed E-state index contributed by atoms with van der Waals surface area (Å²) in [6, 6.07) is 6.08. The Hall–Kier alpha value is -1.92. The molecule has 124 valence electrons. The number of hydrogen-bond acceptors (Lipinski definition) is 5. The Bertz CT molecular complexity index is 679. The molecule has 0 radical (unpaired) electrons. The van der Waals surface area contributed by atoms with Crippen LogP contribution >= 0.6 is 11.3 Å². The Labute approximate surface area is 139 Å². The van der Waals surface area contributed by atoms with Gasteiger partial charge in [-0.15, -0.1) is 11.3 Å². The van der Waals surface area contributed by atoms with E-state index in [9.17, 15) is 9.18 Å². The molecule has 1 heterocycles. The first-order valence-electron chi connectivity index (χ1n) is 7.49. The number of anilines is 1. The van der Waals surface area contributed by atoms with Crippen molar-refractivity contribution >= 4 is 22.3 Å². The average Bonchev–Trinajstić information content (AvgIpc) is 2.88. The molecular formula is C17H21FN2O2S. The number of nitrogens with two attached hydrogens (primary N) is 1. The molecule has 1 aromatic heterocycles. The molecule has 0 fully saturated rings. The molecule has 0 atom stereocenters. The Kier molecular flexibility index (Phi) is 5.74. The molecule has 0 unspecified atom stereocenters. The van der Waals surface area contributed by atoms with E-state index >= 15 is 0 Å². The highest BCUT2D eigenvalue weighted by atomic mass is 32.1. The van der Waals surface area contributed by atoms with Gasteiger partial charge in [-0.25, -0.2) is 9.18 Å². The molecule has 2 N–H and O–H groups in total. The lowest BCUT2D eigenvalue weighted by atomic mass is 10.0. The fraction of sp³-hybridized carbons (Fsp3) is 0.353. The predicted octanol–water partition coefficient (Wildman–Crippen LogP) is 3.76. The first-order chi connectivity index (χ1) is 11.0. The molecule has 23 heavy (non-hydrogen) atoms. The van der Waals surface area contributed by atoms with E-state index in [1.165, 1.54) is 30.6 Å². The third kappa shape index (κ3) is 3.71. The average molecular weight is 336 g/mol. The highest BCUT2D eigenvalue weighted by Crippen LogP contribution is 2.39. The van der Waals surface area contributed by atoms with Gasteiger partial charge < -0.3 is 10.5 Å². The van der Waals surface area contributed by atoms with Gasteiger partial charge in [0, 0.05) is 17.0 Å². The number of benzene rings is 1. The van der Waals surface area contributed by atoms with Crippen molar-refractivity contribution in [2.45, 2.75) is 20.4 Å². The molecule has 0 aliphatic heterocycles. The molecule has 0 spiro atoms. The van der Waals surface area contributed by atoms with Crippen LogP contribution in [0.1, 0.15) is 29.1 Å². The molecule has 0 aliphatic carbocycles. The van der Waals surface area contributed by atoms with E-state index in [0.29, 0.717) is 17.1 Å². The molecule has 2 aromatic rings. The van der Waals surface area contributed by atoms with Crippen molar-refractivity contribution in [3.8, 4) is 11.1 Å². The van der Waals surface area contributed by atoms with Gasteiger partial charge in [-0.05, 0) is 30.8 Å². The van der Waals surface area contributed by atoms with Crippen molar-refractivity contribution in [1.82, 2.24) is 4.90 Å². The van der Waals surface area contributed by atoms with Crippen LogP contribution in [0.4, 0.5) is 9.39 Å². The number of nitrogens with zero attached hydrogens (tertiary/aromatic N) is 1. The molecule has 0 saturated carbocycles. The number of methoxy groups -OCH3 is 1. The van der Waals surface area contributed by atoms with Crippen LogP contribution in [0.15, 0.2) is 24.3 Å². The summed E-state index contributed by atoms with van der Waals surface area (Å²) in [6.45, 7) is 6.64. The molecule has 1 aromatic carbocycles. The van der Waals surface area contributed by atoms with Crippen molar-refractivity contribution in [1.29, 1.82) is 0 Å². The fourth-order valence-corrected chi connectivity index (χ4v) is 3.61. The summed E-state index contributed by atoms with van der Waals surface area (Å²) in [5.74, 6) is -0.786. The van der Waals surface area contributed by atoms with Gasteiger partial charge >= 0.3 is 5.97 Å². The molecular weight excluding hydrogens is 315 g/mol. The summed E-state index contributed by atoms with van der Waals surface area (Å²) >= 11 is 1.38. The van der Waals surface area contributed by atoms with Crippen molar-refractivity contribution < 1.29 is 13.9 Å². The second-order valence-electron chi connectivity index (χ2n) is 5.10. The van der Waals surface area contributed by atoms with Crippen LogP contribution in [0.3, 0.4) is 0 Å². The zero-order valence-electron chi connectivity index (χ0n) is 13.6. The normalized spacial score (nSPS) is 11.0. The number of esters is 1. The van der Waals surface area contributed by atoms with Gasteiger partial charge in [-0.1, -0.05) is 26.0 Å². The summed E-state index contributed by atoms with van der Waals surface area (Å²) in [5, 5.41) is 0.429. The van der Waals surface area contributed by atoms with Crippen LogP contribution in [-0.2, 0) is 11.3 Å². The van der Waals surface area contributed by atoms with Crippen molar-refractivity contribution in [2.75, 3.05) is 25.9 Å². The lowest BCUT2D eigenvalue weighted by Gasteiger charge is -2.18. The van der Waals surface area contributed by atoms with Gasteiger partial charge in [0.05, 0.1) is 7.11 Å². The van der Waals surface area contributed by atoms with Gasteiger partial charge in [0.2, 0.25) is 0 Å². The highest BCUT2D eigenvalue weighted by Gasteiger charge is 2.24. The summed E-state index contributed by atoms with van der Waals surface area (Å²) in [7, 11) is 1.33. The zero-order chi connectivity index (χ0) is 17.0. The van der Waals surface area contributed by atoms with Gasteiger partial charge in [-0.3, -0.25) is 4.90 Å². The molecule has 0 amide bonds. The molecule has 0 saturated heterocycles. The van der Waals surface area contributed by atoms with Gasteiger partial charge in [0.25, 0.3) is 0 Å². The summed E-state index contributed by atoms with van der Waals surface area (Å²) < 4.78 is 18.1. The Morgan fingerprint density at radius 2 is 1.87 bits per heavy atom. The monoisotopic (exact) mass is 336 g/mol. The topological polar surface area (TPSA) is 55.6 Å². The maximum Gasteiger partial charge on any atom is 0.341 e. The van der Waals surface area contributed by atoms with E-state index in [0.717, 1.165) is 29.1 Å². The number of nitrogen functional groups attached to an aromatic ring is 1. The van der Waals surface area contributed by atoms with Crippen LogP contribution in [0.25, 0.3) is 11.1 Å². The Morgan fingerprint density at radius 3 is 2.39 bits per heavy atom.